The summed E-state index contributed by atoms with van der Waals surface area (Å²) in [5.41, 5.74) is 0.376. The van der Waals surface area contributed by atoms with E-state index in [1.807, 2.05) is 0 Å². The number of rotatable bonds is 9. The van der Waals surface area contributed by atoms with Crippen LogP contribution in [0.5, 0.6) is 0 Å². The van der Waals surface area contributed by atoms with E-state index in [9.17, 15) is 5.02 Å². The molecule has 1 unspecified atom stereocenters. The Labute approximate surface area is 114 Å². The van der Waals surface area contributed by atoms with Gasteiger partial charge >= 0.3 is 7.12 Å². The molecule has 1 N–H and O–H groups in total. The van der Waals surface area contributed by atoms with Gasteiger partial charge in [-0.1, -0.05) is 59.3 Å². The van der Waals surface area contributed by atoms with Crippen LogP contribution in [0.4, 0.5) is 0 Å². The van der Waals surface area contributed by atoms with Gasteiger partial charge in [-0.3, -0.25) is 0 Å². The zero-order chi connectivity index (χ0) is 13.4. The highest BCUT2D eigenvalue weighted by Gasteiger charge is 2.40. The van der Waals surface area contributed by atoms with E-state index in [1.165, 1.54) is 51.4 Å². The smallest absolute Gasteiger partial charge is 0.427 e. The Balaban J connectivity index is 2.45. The van der Waals surface area contributed by atoms with Gasteiger partial charge in [0.2, 0.25) is 0 Å². The topological polar surface area (TPSA) is 29.5 Å². The minimum absolute atomic E-state index is 0.376. The van der Waals surface area contributed by atoms with Crippen molar-refractivity contribution in [3.8, 4) is 0 Å². The first-order valence-electron chi connectivity index (χ1n) is 7.92. The van der Waals surface area contributed by atoms with E-state index < -0.39 is 7.12 Å². The molecule has 1 aliphatic heterocycles. The fourth-order valence-electron chi connectivity index (χ4n) is 3.16. The van der Waals surface area contributed by atoms with Crippen LogP contribution in [-0.2, 0) is 4.65 Å². The van der Waals surface area contributed by atoms with Gasteiger partial charge in [0, 0.05) is 6.61 Å². The molecule has 18 heavy (non-hydrogen) atoms. The van der Waals surface area contributed by atoms with Crippen molar-refractivity contribution in [1.29, 1.82) is 0 Å². The van der Waals surface area contributed by atoms with E-state index in [2.05, 4.69) is 20.8 Å². The zero-order valence-electron chi connectivity index (χ0n) is 12.6. The zero-order valence-corrected chi connectivity index (χ0v) is 12.6. The molecule has 0 amide bonds. The van der Waals surface area contributed by atoms with Crippen molar-refractivity contribution >= 4 is 7.12 Å². The number of unbranched alkanes of at least 4 members (excludes halogenated alkanes) is 4. The van der Waals surface area contributed by atoms with Crippen molar-refractivity contribution in [3.05, 3.63) is 0 Å². The minimum atomic E-state index is -0.508. The quantitative estimate of drug-likeness (QED) is 0.491. The second kappa shape index (κ2) is 8.21. The van der Waals surface area contributed by atoms with Crippen LogP contribution in [0.15, 0.2) is 0 Å². The summed E-state index contributed by atoms with van der Waals surface area (Å²) < 4.78 is 5.37. The van der Waals surface area contributed by atoms with Gasteiger partial charge in [-0.15, -0.1) is 0 Å². The van der Waals surface area contributed by atoms with Gasteiger partial charge in [-0.05, 0) is 30.5 Å². The van der Waals surface area contributed by atoms with Crippen LogP contribution >= 0.6 is 0 Å². The van der Waals surface area contributed by atoms with Gasteiger partial charge in [0.05, 0.1) is 0 Å². The molecule has 106 valence electrons. The lowest BCUT2D eigenvalue weighted by atomic mass is 9.65. The molecular weight excluding hydrogens is 223 g/mol. The van der Waals surface area contributed by atoms with Crippen LogP contribution < -0.4 is 0 Å². The first-order valence-corrected chi connectivity index (χ1v) is 7.92. The van der Waals surface area contributed by atoms with Gasteiger partial charge in [0.15, 0.2) is 0 Å². The van der Waals surface area contributed by atoms with E-state index in [4.69, 9.17) is 4.65 Å². The van der Waals surface area contributed by atoms with E-state index >= 15 is 0 Å². The average molecular weight is 254 g/mol. The Morgan fingerprint density at radius 3 is 2.33 bits per heavy atom. The first-order chi connectivity index (χ1) is 8.62. The third kappa shape index (κ3) is 4.93. The summed E-state index contributed by atoms with van der Waals surface area (Å²) in [5, 5.41) is 9.58. The third-order valence-corrected chi connectivity index (χ3v) is 4.66. The molecule has 0 spiro atoms. The molecule has 0 aromatic carbocycles. The highest BCUT2D eigenvalue weighted by atomic mass is 16.5. The Kier molecular flexibility index (Phi) is 7.32. The molecule has 1 fully saturated rings. The fourth-order valence-corrected chi connectivity index (χ4v) is 3.16. The molecule has 0 bridgehead atoms. The normalized spacial score (nSPS) is 23.3. The molecule has 1 heterocycles. The molecule has 0 radical (unpaired) electrons. The molecule has 2 nitrogen and oxygen atoms in total. The van der Waals surface area contributed by atoms with E-state index in [1.54, 1.807) is 0 Å². The van der Waals surface area contributed by atoms with Gasteiger partial charge in [0.1, 0.15) is 0 Å². The van der Waals surface area contributed by atoms with Crippen molar-refractivity contribution in [2.24, 2.45) is 11.3 Å². The molecule has 1 aliphatic rings. The molecule has 0 aliphatic carbocycles. The third-order valence-electron chi connectivity index (χ3n) is 4.66. The van der Waals surface area contributed by atoms with Crippen LogP contribution in [-0.4, -0.2) is 18.7 Å². The van der Waals surface area contributed by atoms with Crippen molar-refractivity contribution in [2.45, 2.75) is 78.5 Å². The monoisotopic (exact) mass is 254 g/mol. The molecule has 0 aromatic rings. The minimum Gasteiger partial charge on any atom is -0.427 e. The highest BCUT2D eigenvalue weighted by Crippen LogP contribution is 2.43. The summed E-state index contributed by atoms with van der Waals surface area (Å²) in [5.74, 6) is 0.556. The van der Waals surface area contributed by atoms with Crippen molar-refractivity contribution in [1.82, 2.24) is 0 Å². The lowest BCUT2D eigenvalue weighted by Crippen LogP contribution is -2.28. The SMILES string of the molecule is CCCCCC[C@](C)(CCCC)C1COB(O)C1. The first kappa shape index (κ1) is 16.0. The van der Waals surface area contributed by atoms with Crippen molar-refractivity contribution in [2.75, 3.05) is 6.61 Å². The van der Waals surface area contributed by atoms with Gasteiger partial charge < -0.3 is 9.68 Å². The molecule has 1 saturated heterocycles. The van der Waals surface area contributed by atoms with Gasteiger partial charge in [0.25, 0.3) is 0 Å². The summed E-state index contributed by atoms with van der Waals surface area (Å²) in [6.07, 6.45) is 11.3. The molecule has 0 saturated carbocycles. The standard InChI is InChI=1S/C15H31BO2/c1-4-6-8-9-11-15(3,10-7-5-2)14-12-16(17)18-13-14/h14,17H,4-13H2,1-3H3/t14?,15-/m0/s1. The summed E-state index contributed by atoms with van der Waals surface area (Å²) in [4.78, 5) is 0. The van der Waals surface area contributed by atoms with Crippen LogP contribution in [0.25, 0.3) is 0 Å². The summed E-state index contributed by atoms with van der Waals surface area (Å²) >= 11 is 0. The van der Waals surface area contributed by atoms with Crippen molar-refractivity contribution in [3.63, 3.8) is 0 Å². The molecule has 0 aromatic heterocycles. The molecular formula is C15H31BO2. The van der Waals surface area contributed by atoms with Crippen molar-refractivity contribution < 1.29 is 9.68 Å². The van der Waals surface area contributed by atoms with Crippen LogP contribution in [0, 0.1) is 11.3 Å². The Morgan fingerprint density at radius 2 is 1.78 bits per heavy atom. The second-order valence-corrected chi connectivity index (χ2v) is 6.29. The highest BCUT2D eigenvalue weighted by molar-refractivity contribution is 6.43. The van der Waals surface area contributed by atoms with E-state index in [-0.39, 0.29) is 0 Å². The van der Waals surface area contributed by atoms with E-state index in [0.29, 0.717) is 11.3 Å². The Hall–Kier alpha value is -0.0151. The summed E-state index contributed by atoms with van der Waals surface area (Å²) in [7, 11) is -0.508. The van der Waals surface area contributed by atoms with Gasteiger partial charge in [-0.2, -0.15) is 0 Å². The molecule has 2 atom stereocenters. The molecule has 1 rings (SSSR count). The lowest BCUT2D eigenvalue weighted by Gasteiger charge is -2.35. The summed E-state index contributed by atoms with van der Waals surface area (Å²) in [6.45, 7) is 7.70. The van der Waals surface area contributed by atoms with E-state index in [0.717, 1.165) is 12.9 Å². The van der Waals surface area contributed by atoms with Crippen LogP contribution in [0.3, 0.4) is 0 Å². The molecule has 3 heteroatoms. The predicted molar refractivity (Wildman–Crippen MR) is 78.6 cm³/mol. The maximum Gasteiger partial charge on any atom is 0.454 e. The Bertz CT molecular complexity index is 223. The summed E-state index contributed by atoms with van der Waals surface area (Å²) in [6, 6.07) is 0. The maximum absolute atomic E-state index is 9.58. The average Bonchev–Trinajstić information content (AvgIpc) is 2.80. The predicted octanol–water partition coefficient (Wildman–Crippen LogP) is 4.28. The fraction of sp³-hybridized carbons (Fsp3) is 1.00. The Morgan fingerprint density at radius 1 is 1.11 bits per heavy atom. The largest absolute Gasteiger partial charge is 0.454 e. The number of hydrogen-bond acceptors (Lipinski definition) is 2. The van der Waals surface area contributed by atoms with Crippen LogP contribution in [0.1, 0.15) is 72.1 Å². The maximum atomic E-state index is 9.58. The second-order valence-electron chi connectivity index (χ2n) is 6.29. The van der Waals surface area contributed by atoms with Crippen LogP contribution in [0.2, 0.25) is 6.32 Å². The van der Waals surface area contributed by atoms with Gasteiger partial charge in [-0.25, -0.2) is 0 Å². The number of hydrogen-bond donors (Lipinski definition) is 1. The lowest BCUT2D eigenvalue weighted by molar-refractivity contribution is 0.127.